The second kappa shape index (κ2) is 6.52. The maximum Gasteiger partial charge on any atom is 0.223 e. The van der Waals surface area contributed by atoms with Crippen LogP contribution in [0, 0.1) is 0 Å². The summed E-state index contributed by atoms with van der Waals surface area (Å²) in [5.41, 5.74) is -0.459. The molecule has 0 aromatic heterocycles. The molecule has 0 saturated carbocycles. The Morgan fingerprint density at radius 3 is 2.56 bits per heavy atom. The van der Waals surface area contributed by atoms with Crippen LogP contribution in [0.2, 0.25) is 0 Å². The summed E-state index contributed by atoms with van der Waals surface area (Å²) in [6, 6.07) is 9.03. The Kier molecular flexibility index (Phi) is 5.31. The van der Waals surface area contributed by atoms with Gasteiger partial charge in [0.05, 0.1) is 12.0 Å². The lowest BCUT2D eigenvalue weighted by atomic mass is 9.92. The molecular formula is C14H21NO3. The number of nitrogens with one attached hydrogen (secondary N) is 1. The van der Waals surface area contributed by atoms with E-state index in [2.05, 4.69) is 5.32 Å². The molecule has 3 N–H and O–H groups in total. The number of aliphatic hydroxyl groups excluding tert-OH is 1. The number of carbonyl (C=O) groups is 1. The minimum Gasteiger partial charge on any atom is -0.396 e. The Balaban J connectivity index is 2.58. The highest BCUT2D eigenvalue weighted by Gasteiger charge is 2.26. The minimum absolute atomic E-state index is 0.00673. The summed E-state index contributed by atoms with van der Waals surface area (Å²) in [6.07, 6.45) is 0.520. The van der Waals surface area contributed by atoms with Gasteiger partial charge in [0.1, 0.15) is 0 Å². The first-order valence-corrected chi connectivity index (χ1v) is 6.14. The highest BCUT2D eigenvalue weighted by molar-refractivity contribution is 5.77. The molecule has 0 spiro atoms. The van der Waals surface area contributed by atoms with Crippen molar-refractivity contribution in [1.82, 2.24) is 5.32 Å². The number of rotatable bonds is 6. The Morgan fingerprint density at radius 2 is 2.00 bits per heavy atom. The summed E-state index contributed by atoms with van der Waals surface area (Å²) < 4.78 is 0. The molecule has 1 aromatic rings. The van der Waals surface area contributed by atoms with E-state index in [0.717, 1.165) is 5.56 Å². The molecule has 0 aliphatic rings. The summed E-state index contributed by atoms with van der Waals surface area (Å²) in [4.78, 5) is 11.8. The van der Waals surface area contributed by atoms with Crippen molar-refractivity contribution in [1.29, 1.82) is 0 Å². The molecule has 1 aromatic carbocycles. The quantitative estimate of drug-likeness (QED) is 0.711. The lowest BCUT2D eigenvalue weighted by Gasteiger charge is -2.24. The van der Waals surface area contributed by atoms with Crippen LogP contribution >= 0.6 is 0 Å². The molecule has 1 rings (SSSR count). The maximum absolute atomic E-state index is 11.8. The van der Waals surface area contributed by atoms with E-state index in [4.69, 9.17) is 5.11 Å². The fraction of sp³-hybridized carbons (Fsp3) is 0.500. The Hall–Kier alpha value is -1.39. The Labute approximate surface area is 108 Å². The van der Waals surface area contributed by atoms with Gasteiger partial charge in [0.25, 0.3) is 0 Å². The van der Waals surface area contributed by atoms with Gasteiger partial charge >= 0.3 is 0 Å². The number of hydrogen-bond donors (Lipinski definition) is 3. The predicted molar refractivity (Wildman–Crippen MR) is 69.9 cm³/mol. The lowest BCUT2D eigenvalue weighted by molar-refractivity contribution is -0.126. The van der Waals surface area contributed by atoms with Gasteiger partial charge in [-0.3, -0.25) is 4.79 Å². The molecule has 100 valence electrons. The third kappa shape index (κ3) is 4.47. The van der Waals surface area contributed by atoms with E-state index in [1.165, 1.54) is 0 Å². The molecule has 2 unspecified atom stereocenters. The zero-order valence-electron chi connectivity index (χ0n) is 10.9. The smallest absolute Gasteiger partial charge is 0.223 e. The monoisotopic (exact) mass is 251 g/mol. The van der Waals surface area contributed by atoms with Crippen molar-refractivity contribution in [3.8, 4) is 0 Å². The molecular weight excluding hydrogens is 230 g/mol. The van der Waals surface area contributed by atoms with E-state index in [0.29, 0.717) is 6.42 Å². The van der Waals surface area contributed by atoms with Crippen LogP contribution in [0.25, 0.3) is 0 Å². The van der Waals surface area contributed by atoms with Gasteiger partial charge < -0.3 is 15.5 Å². The highest BCUT2D eigenvalue weighted by atomic mass is 16.3. The van der Waals surface area contributed by atoms with Crippen molar-refractivity contribution < 1.29 is 15.0 Å². The molecule has 4 nitrogen and oxygen atoms in total. The van der Waals surface area contributed by atoms with Gasteiger partial charge in [-0.15, -0.1) is 0 Å². The number of carbonyl (C=O) groups excluding carboxylic acids is 1. The largest absolute Gasteiger partial charge is 0.396 e. The van der Waals surface area contributed by atoms with Crippen molar-refractivity contribution in [2.45, 2.75) is 38.3 Å². The van der Waals surface area contributed by atoms with E-state index >= 15 is 0 Å². The molecule has 0 fully saturated rings. The van der Waals surface area contributed by atoms with Crippen LogP contribution in [0.5, 0.6) is 0 Å². The van der Waals surface area contributed by atoms with Crippen LogP contribution in [0.3, 0.4) is 0 Å². The molecule has 0 bridgehead atoms. The van der Waals surface area contributed by atoms with Gasteiger partial charge in [0.2, 0.25) is 5.91 Å². The van der Waals surface area contributed by atoms with Crippen LogP contribution in [-0.4, -0.2) is 28.8 Å². The zero-order chi connectivity index (χ0) is 13.6. The fourth-order valence-electron chi connectivity index (χ4n) is 1.80. The second-order valence-corrected chi connectivity index (χ2v) is 4.80. The normalized spacial score (nSPS) is 15.8. The molecule has 0 saturated heterocycles. The lowest BCUT2D eigenvalue weighted by Crippen LogP contribution is -2.37. The summed E-state index contributed by atoms with van der Waals surface area (Å²) in [5, 5.41) is 21.8. The van der Waals surface area contributed by atoms with Crippen molar-refractivity contribution in [2.24, 2.45) is 0 Å². The maximum atomic E-state index is 11.8. The molecule has 0 aliphatic heterocycles. The van der Waals surface area contributed by atoms with Crippen LogP contribution in [0.4, 0.5) is 0 Å². The van der Waals surface area contributed by atoms with Gasteiger partial charge in [0.15, 0.2) is 0 Å². The van der Waals surface area contributed by atoms with Crippen molar-refractivity contribution in [3.63, 3.8) is 0 Å². The molecule has 4 heteroatoms. The summed E-state index contributed by atoms with van der Waals surface area (Å²) in [6.45, 7) is 3.49. The fourth-order valence-corrected chi connectivity index (χ4v) is 1.80. The first-order valence-electron chi connectivity index (χ1n) is 6.14. The standard InChI is InChI=1S/C14H21NO3/c1-11(8-9-16)15-13(17)10-14(2,18)12-6-4-3-5-7-12/h3-7,11,16,18H,8-10H2,1-2H3,(H,15,17). The van der Waals surface area contributed by atoms with Gasteiger partial charge in [-0.05, 0) is 25.8 Å². The van der Waals surface area contributed by atoms with Crippen molar-refractivity contribution in [2.75, 3.05) is 6.61 Å². The van der Waals surface area contributed by atoms with Gasteiger partial charge in [0, 0.05) is 12.6 Å². The van der Waals surface area contributed by atoms with E-state index in [9.17, 15) is 9.90 Å². The molecule has 0 heterocycles. The molecule has 0 radical (unpaired) electrons. The van der Waals surface area contributed by atoms with E-state index in [1.54, 1.807) is 19.1 Å². The number of aliphatic hydroxyl groups is 2. The predicted octanol–water partition coefficient (Wildman–Crippen LogP) is 1.17. The van der Waals surface area contributed by atoms with E-state index in [1.807, 2.05) is 25.1 Å². The van der Waals surface area contributed by atoms with Crippen LogP contribution in [0.1, 0.15) is 32.3 Å². The van der Waals surface area contributed by atoms with Crippen LogP contribution in [0.15, 0.2) is 30.3 Å². The summed E-state index contributed by atoms with van der Waals surface area (Å²) in [5.74, 6) is -0.218. The number of amides is 1. The third-order valence-electron chi connectivity index (χ3n) is 2.87. The van der Waals surface area contributed by atoms with E-state index in [-0.39, 0.29) is 25.0 Å². The van der Waals surface area contributed by atoms with Crippen LogP contribution in [-0.2, 0) is 10.4 Å². The topological polar surface area (TPSA) is 69.6 Å². The minimum atomic E-state index is -1.18. The molecule has 2 atom stereocenters. The highest BCUT2D eigenvalue weighted by Crippen LogP contribution is 2.23. The first kappa shape index (κ1) is 14.7. The zero-order valence-corrected chi connectivity index (χ0v) is 10.9. The summed E-state index contributed by atoms with van der Waals surface area (Å²) >= 11 is 0. The van der Waals surface area contributed by atoms with Crippen LogP contribution < -0.4 is 5.32 Å². The molecule has 18 heavy (non-hydrogen) atoms. The number of hydrogen-bond acceptors (Lipinski definition) is 3. The second-order valence-electron chi connectivity index (χ2n) is 4.80. The third-order valence-corrected chi connectivity index (χ3v) is 2.87. The van der Waals surface area contributed by atoms with Gasteiger partial charge in [-0.2, -0.15) is 0 Å². The average molecular weight is 251 g/mol. The Bertz CT molecular complexity index is 376. The van der Waals surface area contributed by atoms with Gasteiger partial charge in [-0.25, -0.2) is 0 Å². The van der Waals surface area contributed by atoms with Crippen molar-refractivity contribution in [3.05, 3.63) is 35.9 Å². The number of benzene rings is 1. The SMILES string of the molecule is CC(CCO)NC(=O)CC(C)(O)c1ccccc1. The molecule has 1 amide bonds. The van der Waals surface area contributed by atoms with Crippen molar-refractivity contribution >= 4 is 5.91 Å². The molecule has 0 aliphatic carbocycles. The average Bonchev–Trinajstić information content (AvgIpc) is 2.29. The van der Waals surface area contributed by atoms with Gasteiger partial charge in [-0.1, -0.05) is 30.3 Å². The Morgan fingerprint density at radius 1 is 1.39 bits per heavy atom. The van der Waals surface area contributed by atoms with E-state index < -0.39 is 5.60 Å². The first-order chi connectivity index (χ1) is 8.45. The summed E-state index contributed by atoms with van der Waals surface area (Å²) in [7, 11) is 0.